The zero-order valence-corrected chi connectivity index (χ0v) is 14.7. The molecular formula is C18H18FN3O3S. The van der Waals surface area contributed by atoms with Crippen molar-refractivity contribution < 1.29 is 17.2 Å². The number of nitrogens with zero attached hydrogens (tertiary/aromatic N) is 2. The Hall–Kier alpha value is -2.58. The standard InChI is InChI=1S/C18H18FN3O3S/c19-16-8-6-15(7-9-16)18-22-21-17(25-18)10-12-20-26(23,24)13-11-14-4-2-1-3-5-14/h1-9,20H,10-13H2. The molecule has 0 bridgehead atoms. The van der Waals surface area contributed by atoms with E-state index in [4.69, 9.17) is 4.42 Å². The van der Waals surface area contributed by atoms with Crippen LogP contribution in [0.15, 0.2) is 59.0 Å². The van der Waals surface area contributed by atoms with Gasteiger partial charge in [-0.1, -0.05) is 30.3 Å². The quantitative estimate of drug-likeness (QED) is 0.654. The molecule has 0 radical (unpaired) electrons. The lowest BCUT2D eigenvalue weighted by atomic mass is 10.2. The van der Waals surface area contributed by atoms with Gasteiger partial charge in [0.15, 0.2) is 0 Å². The molecular weight excluding hydrogens is 357 g/mol. The van der Waals surface area contributed by atoms with Gasteiger partial charge in [0.25, 0.3) is 0 Å². The van der Waals surface area contributed by atoms with Crippen molar-refractivity contribution in [2.75, 3.05) is 12.3 Å². The highest BCUT2D eigenvalue weighted by molar-refractivity contribution is 7.89. The Morgan fingerprint density at radius 1 is 0.962 bits per heavy atom. The zero-order valence-electron chi connectivity index (χ0n) is 13.9. The lowest BCUT2D eigenvalue weighted by Crippen LogP contribution is -2.29. The molecule has 3 rings (SSSR count). The van der Waals surface area contributed by atoms with Gasteiger partial charge in [-0.2, -0.15) is 0 Å². The molecule has 0 fully saturated rings. The number of aryl methyl sites for hydroxylation is 1. The molecule has 6 nitrogen and oxygen atoms in total. The molecule has 1 heterocycles. The highest BCUT2D eigenvalue weighted by atomic mass is 32.2. The molecule has 1 aromatic heterocycles. The van der Waals surface area contributed by atoms with Crippen LogP contribution in [-0.4, -0.2) is 30.9 Å². The monoisotopic (exact) mass is 375 g/mol. The Balaban J connectivity index is 1.49. The van der Waals surface area contributed by atoms with Crippen molar-refractivity contribution in [2.45, 2.75) is 12.8 Å². The predicted octanol–water partition coefficient (Wildman–Crippen LogP) is 2.58. The largest absolute Gasteiger partial charge is 0.421 e. The topological polar surface area (TPSA) is 85.1 Å². The second-order valence-electron chi connectivity index (χ2n) is 5.71. The lowest BCUT2D eigenvalue weighted by Gasteiger charge is -2.05. The Morgan fingerprint density at radius 3 is 2.42 bits per heavy atom. The lowest BCUT2D eigenvalue weighted by molar-refractivity contribution is 0.501. The van der Waals surface area contributed by atoms with Gasteiger partial charge in [0, 0.05) is 18.5 Å². The van der Waals surface area contributed by atoms with E-state index in [0.717, 1.165) is 5.56 Å². The second kappa shape index (κ2) is 8.20. The fraction of sp³-hybridized carbons (Fsp3) is 0.222. The molecule has 0 aliphatic carbocycles. The summed E-state index contributed by atoms with van der Waals surface area (Å²) in [7, 11) is -3.38. The van der Waals surface area contributed by atoms with Crippen LogP contribution in [0.1, 0.15) is 11.5 Å². The molecule has 26 heavy (non-hydrogen) atoms. The molecule has 0 unspecified atom stereocenters. The smallest absolute Gasteiger partial charge is 0.247 e. The maximum atomic E-state index is 12.9. The van der Waals surface area contributed by atoms with Crippen LogP contribution >= 0.6 is 0 Å². The Kier molecular flexibility index (Phi) is 5.75. The van der Waals surface area contributed by atoms with Gasteiger partial charge in [-0.3, -0.25) is 0 Å². The summed E-state index contributed by atoms with van der Waals surface area (Å²) in [6, 6.07) is 15.1. The van der Waals surface area contributed by atoms with Crippen LogP contribution in [0.4, 0.5) is 4.39 Å². The van der Waals surface area contributed by atoms with Gasteiger partial charge in [-0.25, -0.2) is 17.5 Å². The molecule has 3 aromatic rings. The number of nitrogens with one attached hydrogen (secondary N) is 1. The van der Waals surface area contributed by atoms with Crippen LogP contribution in [0.3, 0.4) is 0 Å². The number of hydrogen-bond acceptors (Lipinski definition) is 5. The van der Waals surface area contributed by atoms with Gasteiger partial charge in [0.1, 0.15) is 5.82 Å². The normalized spacial score (nSPS) is 11.6. The minimum Gasteiger partial charge on any atom is -0.421 e. The highest BCUT2D eigenvalue weighted by Crippen LogP contribution is 2.18. The van der Waals surface area contributed by atoms with Crippen LogP contribution in [0, 0.1) is 5.82 Å². The van der Waals surface area contributed by atoms with Gasteiger partial charge in [0.2, 0.25) is 21.8 Å². The molecule has 0 amide bonds. The van der Waals surface area contributed by atoms with Crippen molar-refractivity contribution in [2.24, 2.45) is 0 Å². The van der Waals surface area contributed by atoms with E-state index in [-0.39, 0.29) is 30.4 Å². The summed E-state index contributed by atoms with van der Waals surface area (Å²) >= 11 is 0. The van der Waals surface area contributed by atoms with Crippen LogP contribution in [-0.2, 0) is 22.9 Å². The molecule has 0 spiro atoms. The molecule has 0 atom stereocenters. The number of rotatable bonds is 8. The average molecular weight is 375 g/mol. The number of hydrogen-bond donors (Lipinski definition) is 1. The maximum Gasteiger partial charge on any atom is 0.247 e. The third-order valence-electron chi connectivity index (χ3n) is 3.72. The summed E-state index contributed by atoms with van der Waals surface area (Å²) in [5.74, 6) is 0.252. The van der Waals surface area contributed by atoms with Crippen LogP contribution in [0.5, 0.6) is 0 Å². The fourth-order valence-electron chi connectivity index (χ4n) is 2.35. The van der Waals surface area contributed by atoms with Gasteiger partial charge in [-0.15, -0.1) is 10.2 Å². The number of halogens is 1. The van der Waals surface area contributed by atoms with Gasteiger partial charge < -0.3 is 4.42 Å². The molecule has 0 aliphatic heterocycles. The van der Waals surface area contributed by atoms with E-state index in [1.807, 2.05) is 30.3 Å². The average Bonchev–Trinajstić information content (AvgIpc) is 3.10. The first-order valence-corrected chi connectivity index (χ1v) is 9.77. The van der Waals surface area contributed by atoms with Crippen LogP contribution in [0.25, 0.3) is 11.5 Å². The van der Waals surface area contributed by atoms with Gasteiger partial charge in [0.05, 0.1) is 5.75 Å². The fourth-order valence-corrected chi connectivity index (χ4v) is 3.41. The van der Waals surface area contributed by atoms with E-state index in [2.05, 4.69) is 14.9 Å². The van der Waals surface area contributed by atoms with E-state index in [1.54, 1.807) is 12.1 Å². The summed E-state index contributed by atoms with van der Waals surface area (Å²) < 4.78 is 45.0. The summed E-state index contributed by atoms with van der Waals surface area (Å²) in [5, 5.41) is 7.77. The molecule has 136 valence electrons. The van der Waals surface area contributed by atoms with Crippen molar-refractivity contribution in [3.05, 3.63) is 71.9 Å². The van der Waals surface area contributed by atoms with E-state index < -0.39 is 10.0 Å². The molecule has 0 saturated carbocycles. The van der Waals surface area contributed by atoms with E-state index in [0.29, 0.717) is 17.9 Å². The molecule has 0 saturated heterocycles. The van der Waals surface area contributed by atoms with Crippen molar-refractivity contribution in [1.29, 1.82) is 0 Å². The first kappa shape index (κ1) is 18.2. The van der Waals surface area contributed by atoms with E-state index in [9.17, 15) is 12.8 Å². The summed E-state index contributed by atoms with van der Waals surface area (Å²) in [6.45, 7) is 0.169. The van der Waals surface area contributed by atoms with Gasteiger partial charge >= 0.3 is 0 Å². The Morgan fingerprint density at radius 2 is 1.69 bits per heavy atom. The third kappa shape index (κ3) is 5.21. The molecule has 8 heteroatoms. The van der Waals surface area contributed by atoms with E-state index >= 15 is 0 Å². The highest BCUT2D eigenvalue weighted by Gasteiger charge is 2.12. The van der Waals surface area contributed by atoms with Crippen LogP contribution < -0.4 is 4.72 Å². The minimum absolute atomic E-state index is 0.0156. The van der Waals surface area contributed by atoms with Crippen molar-refractivity contribution in [3.8, 4) is 11.5 Å². The van der Waals surface area contributed by atoms with Crippen molar-refractivity contribution in [3.63, 3.8) is 0 Å². The van der Waals surface area contributed by atoms with Crippen molar-refractivity contribution in [1.82, 2.24) is 14.9 Å². The molecule has 0 aliphatic rings. The zero-order chi connectivity index (χ0) is 18.4. The SMILES string of the molecule is O=S(=O)(CCc1ccccc1)NCCc1nnc(-c2ccc(F)cc2)o1. The van der Waals surface area contributed by atoms with Crippen LogP contribution in [0.2, 0.25) is 0 Å². The molecule has 2 aromatic carbocycles. The maximum absolute atomic E-state index is 12.9. The number of benzene rings is 2. The first-order chi connectivity index (χ1) is 12.5. The molecule has 1 N–H and O–H groups in total. The second-order valence-corrected chi connectivity index (χ2v) is 7.63. The Bertz CT molecular complexity index is 941. The summed E-state index contributed by atoms with van der Waals surface area (Å²) in [6.07, 6.45) is 0.726. The van der Waals surface area contributed by atoms with Crippen molar-refractivity contribution >= 4 is 10.0 Å². The third-order valence-corrected chi connectivity index (χ3v) is 5.11. The van der Waals surface area contributed by atoms with E-state index in [1.165, 1.54) is 12.1 Å². The van der Waals surface area contributed by atoms with Gasteiger partial charge in [-0.05, 0) is 36.2 Å². The number of aromatic nitrogens is 2. The summed E-state index contributed by atoms with van der Waals surface area (Å²) in [5.41, 5.74) is 1.58. The predicted molar refractivity (Wildman–Crippen MR) is 95.3 cm³/mol. The number of sulfonamides is 1. The minimum atomic E-state index is -3.38. The summed E-state index contributed by atoms with van der Waals surface area (Å²) in [4.78, 5) is 0. The first-order valence-electron chi connectivity index (χ1n) is 8.11. The Labute approximate surface area is 151 Å².